The van der Waals surface area contributed by atoms with E-state index in [4.69, 9.17) is 0 Å². The third-order valence-electron chi connectivity index (χ3n) is 4.70. The SMILES string of the molecule is O=C(CCCSc1nc2ccccc2c(=O)n1-c1ccc(F)cc1)c1ccccc1. The summed E-state index contributed by atoms with van der Waals surface area (Å²) < 4.78 is 14.9. The van der Waals surface area contributed by atoms with Gasteiger partial charge in [0.05, 0.1) is 16.6 Å². The highest BCUT2D eigenvalue weighted by molar-refractivity contribution is 7.99. The molecule has 0 aliphatic carbocycles. The molecule has 4 rings (SSSR count). The Morgan fingerprint density at radius 1 is 0.933 bits per heavy atom. The molecule has 0 aliphatic heterocycles. The van der Waals surface area contributed by atoms with Crippen molar-refractivity contribution in [3.8, 4) is 5.69 Å². The van der Waals surface area contributed by atoms with Crippen LogP contribution in [0.15, 0.2) is 88.8 Å². The average molecular weight is 418 g/mol. The Morgan fingerprint density at radius 2 is 1.63 bits per heavy atom. The number of ketones is 1. The molecule has 1 heterocycles. The Hall–Kier alpha value is -3.25. The molecule has 0 amide bonds. The lowest BCUT2D eigenvalue weighted by Gasteiger charge is -2.13. The van der Waals surface area contributed by atoms with Crippen LogP contribution in [-0.4, -0.2) is 21.1 Å². The lowest BCUT2D eigenvalue weighted by molar-refractivity contribution is 0.0982. The van der Waals surface area contributed by atoms with Crippen LogP contribution in [0, 0.1) is 5.82 Å². The fraction of sp³-hybridized carbons (Fsp3) is 0.125. The van der Waals surface area contributed by atoms with Crippen molar-refractivity contribution in [1.29, 1.82) is 0 Å². The van der Waals surface area contributed by atoms with Crippen molar-refractivity contribution in [3.05, 3.63) is 101 Å². The second-order valence-electron chi connectivity index (χ2n) is 6.77. The van der Waals surface area contributed by atoms with Gasteiger partial charge in [0, 0.05) is 17.7 Å². The smallest absolute Gasteiger partial charge is 0.266 e. The Labute approximate surface area is 177 Å². The van der Waals surface area contributed by atoms with Crippen molar-refractivity contribution in [2.45, 2.75) is 18.0 Å². The maximum Gasteiger partial charge on any atom is 0.266 e. The number of rotatable bonds is 7. The molecule has 3 aromatic carbocycles. The normalized spacial score (nSPS) is 11.0. The molecular formula is C24H19FN2O2S. The number of carbonyl (C=O) groups excluding carboxylic acids is 1. The molecule has 30 heavy (non-hydrogen) atoms. The largest absolute Gasteiger partial charge is 0.294 e. The highest BCUT2D eigenvalue weighted by Gasteiger charge is 2.14. The zero-order chi connectivity index (χ0) is 20.9. The van der Waals surface area contributed by atoms with E-state index in [9.17, 15) is 14.0 Å². The predicted octanol–water partition coefficient (Wildman–Crippen LogP) is 5.28. The van der Waals surface area contributed by atoms with Crippen LogP contribution in [0.1, 0.15) is 23.2 Å². The van der Waals surface area contributed by atoms with Gasteiger partial charge in [-0.1, -0.05) is 54.2 Å². The van der Waals surface area contributed by atoms with E-state index in [0.717, 1.165) is 0 Å². The van der Waals surface area contributed by atoms with Crippen LogP contribution in [0.2, 0.25) is 0 Å². The Morgan fingerprint density at radius 3 is 2.40 bits per heavy atom. The molecular weight excluding hydrogens is 399 g/mol. The highest BCUT2D eigenvalue weighted by atomic mass is 32.2. The van der Waals surface area contributed by atoms with Gasteiger partial charge in [-0.05, 0) is 42.8 Å². The zero-order valence-electron chi connectivity index (χ0n) is 16.1. The first kappa shape index (κ1) is 20.0. The van der Waals surface area contributed by atoms with E-state index in [1.807, 2.05) is 36.4 Å². The zero-order valence-corrected chi connectivity index (χ0v) is 16.9. The topological polar surface area (TPSA) is 52.0 Å². The number of para-hydroxylation sites is 1. The van der Waals surface area contributed by atoms with E-state index in [2.05, 4.69) is 4.98 Å². The number of thioether (sulfide) groups is 1. The molecule has 0 unspecified atom stereocenters. The van der Waals surface area contributed by atoms with Crippen LogP contribution < -0.4 is 5.56 Å². The number of fused-ring (bicyclic) bond motifs is 1. The number of hydrogen-bond acceptors (Lipinski definition) is 4. The molecule has 6 heteroatoms. The van der Waals surface area contributed by atoms with Crippen molar-refractivity contribution >= 4 is 28.4 Å². The summed E-state index contributed by atoms with van der Waals surface area (Å²) in [5.74, 6) is 0.359. The summed E-state index contributed by atoms with van der Waals surface area (Å²) in [6, 6.07) is 22.1. The molecule has 0 atom stereocenters. The third kappa shape index (κ3) is 4.33. The molecule has 0 radical (unpaired) electrons. The number of aromatic nitrogens is 2. The van der Waals surface area contributed by atoms with Crippen LogP contribution >= 0.6 is 11.8 Å². The Bertz CT molecular complexity index is 1240. The molecule has 0 fully saturated rings. The van der Waals surface area contributed by atoms with Gasteiger partial charge in [-0.3, -0.25) is 14.2 Å². The van der Waals surface area contributed by atoms with Crippen LogP contribution in [0.4, 0.5) is 4.39 Å². The Balaban J connectivity index is 1.58. The second kappa shape index (κ2) is 9.05. The van der Waals surface area contributed by atoms with Crippen molar-refractivity contribution in [1.82, 2.24) is 9.55 Å². The number of benzene rings is 3. The van der Waals surface area contributed by atoms with Gasteiger partial charge in [0.2, 0.25) is 0 Å². The summed E-state index contributed by atoms with van der Waals surface area (Å²) in [7, 11) is 0. The van der Waals surface area contributed by atoms with Crippen molar-refractivity contribution in [2.75, 3.05) is 5.75 Å². The maximum atomic E-state index is 13.4. The summed E-state index contributed by atoms with van der Waals surface area (Å²) >= 11 is 1.42. The highest BCUT2D eigenvalue weighted by Crippen LogP contribution is 2.23. The second-order valence-corrected chi connectivity index (χ2v) is 7.83. The van der Waals surface area contributed by atoms with Gasteiger partial charge in [-0.15, -0.1) is 0 Å². The minimum atomic E-state index is -0.367. The van der Waals surface area contributed by atoms with E-state index in [1.54, 1.807) is 30.3 Å². The van der Waals surface area contributed by atoms with Crippen LogP contribution in [0.3, 0.4) is 0 Å². The van der Waals surface area contributed by atoms with Crippen LogP contribution in [0.5, 0.6) is 0 Å². The quantitative estimate of drug-likeness (QED) is 0.177. The lowest BCUT2D eigenvalue weighted by atomic mass is 10.1. The number of carbonyl (C=O) groups is 1. The molecule has 4 nitrogen and oxygen atoms in total. The summed E-state index contributed by atoms with van der Waals surface area (Å²) in [6.07, 6.45) is 1.08. The fourth-order valence-electron chi connectivity index (χ4n) is 3.19. The number of Topliss-reactive ketones (excluding diaryl/α,β-unsaturated/α-hetero) is 1. The summed E-state index contributed by atoms with van der Waals surface area (Å²) in [4.78, 5) is 30.1. The van der Waals surface area contributed by atoms with Crippen LogP contribution in [0.25, 0.3) is 16.6 Å². The molecule has 1 aromatic heterocycles. The minimum absolute atomic E-state index is 0.0959. The Kier molecular flexibility index (Phi) is 6.05. The van der Waals surface area contributed by atoms with Gasteiger partial charge in [0.25, 0.3) is 5.56 Å². The van der Waals surface area contributed by atoms with Gasteiger partial charge in [-0.25, -0.2) is 9.37 Å². The molecule has 150 valence electrons. The van der Waals surface area contributed by atoms with Gasteiger partial charge in [0.1, 0.15) is 5.82 Å². The summed E-state index contributed by atoms with van der Waals surface area (Å²) in [6.45, 7) is 0. The first-order chi connectivity index (χ1) is 14.6. The summed E-state index contributed by atoms with van der Waals surface area (Å²) in [5, 5.41) is 1.03. The minimum Gasteiger partial charge on any atom is -0.294 e. The van der Waals surface area contributed by atoms with E-state index < -0.39 is 0 Å². The predicted molar refractivity (Wildman–Crippen MR) is 118 cm³/mol. The average Bonchev–Trinajstić information content (AvgIpc) is 2.78. The van der Waals surface area contributed by atoms with Gasteiger partial charge >= 0.3 is 0 Å². The number of hydrogen-bond donors (Lipinski definition) is 0. The monoisotopic (exact) mass is 418 g/mol. The first-order valence-corrected chi connectivity index (χ1v) is 10.6. The molecule has 0 aliphatic rings. The number of nitrogens with zero attached hydrogens (tertiary/aromatic N) is 2. The number of halogens is 1. The molecule has 0 saturated heterocycles. The van der Waals surface area contributed by atoms with E-state index in [-0.39, 0.29) is 17.2 Å². The first-order valence-electron chi connectivity index (χ1n) is 9.62. The lowest BCUT2D eigenvalue weighted by Crippen LogP contribution is -2.21. The summed E-state index contributed by atoms with van der Waals surface area (Å²) in [5.41, 5.74) is 1.68. The third-order valence-corrected chi connectivity index (χ3v) is 5.73. The fourth-order valence-corrected chi connectivity index (χ4v) is 4.14. The standard InChI is InChI=1S/C24H19FN2O2S/c25-18-12-14-19(15-13-18)27-23(29)20-9-4-5-10-21(20)26-24(27)30-16-6-11-22(28)17-7-2-1-3-8-17/h1-5,7-10,12-15H,6,11,16H2. The van der Waals surface area contributed by atoms with Crippen molar-refractivity contribution < 1.29 is 9.18 Å². The van der Waals surface area contributed by atoms with E-state index >= 15 is 0 Å². The molecule has 0 spiro atoms. The molecule has 0 bridgehead atoms. The van der Waals surface area contributed by atoms with Crippen molar-refractivity contribution in [3.63, 3.8) is 0 Å². The van der Waals surface area contributed by atoms with Gasteiger partial charge in [-0.2, -0.15) is 0 Å². The molecule has 0 N–H and O–H groups in total. The van der Waals surface area contributed by atoms with E-state index in [1.165, 1.54) is 28.5 Å². The van der Waals surface area contributed by atoms with E-state index in [0.29, 0.717) is 45.9 Å². The van der Waals surface area contributed by atoms with Crippen LogP contribution in [-0.2, 0) is 0 Å². The molecule has 0 saturated carbocycles. The maximum absolute atomic E-state index is 13.4. The van der Waals surface area contributed by atoms with Crippen molar-refractivity contribution in [2.24, 2.45) is 0 Å². The molecule has 4 aromatic rings. The van der Waals surface area contributed by atoms with Gasteiger partial charge in [0.15, 0.2) is 10.9 Å². The van der Waals surface area contributed by atoms with Gasteiger partial charge < -0.3 is 0 Å².